The van der Waals surface area contributed by atoms with Gasteiger partial charge in [-0.25, -0.2) is 0 Å². The maximum Gasteiger partial charge on any atom is 0.117 e. The molecular weight excluding hydrogens is 236 g/mol. The molecule has 0 amide bonds. The van der Waals surface area contributed by atoms with Crippen molar-refractivity contribution in [1.82, 2.24) is 10.2 Å². The highest BCUT2D eigenvalue weighted by atomic mass is 16.3. The lowest BCUT2D eigenvalue weighted by Crippen LogP contribution is -2.42. The van der Waals surface area contributed by atoms with E-state index in [0.29, 0.717) is 11.5 Å². The van der Waals surface area contributed by atoms with Gasteiger partial charge in [-0.3, -0.25) is 4.90 Å². The van der Waals surface area contributed by atoms with E-state index in [4.69, 9.17) is 4.42 Å². The lowest BCUT2D eigenvalue weighted by Gasteiger charge is -2.33. The standard InChI is InChI=1S/C16H30N2O/c1-6-10-17-15(16(2,3)4)9-11-18(5)13-14-8-7-12-19-14/h7-8,12,15,17H,6,9-11,13H2,1-5H3. The summed E-state index contributed by atoms with van der Waals surface area (Å²) in [7, 11) is 2.15. The van der Waals surface area contributed by atoms with E-state index in [9.17, 15) is 0 Å². The Balaban J connectivity index is 2.38. The van der Waals surface area contributed by atoms with Gasteiger partial charge in [0.05, 0.1) is 12.8 Å². The Hall–Kier alpha value is -0.800. The highest BCUT2D eigenvalue weighted by Gasteiger charge is 2.23. The Morgan fingerprint density at radius 3 is 2.63 bits per heavy atom. The third kappa shape index (κ3) is 6.26. The van der Waals surface area contributed by atoms with Gasteiger partial charge in [0.1, 0.15) is 5.76 Å². The van der Waals surface area contributed by atoms with Crippen LogP contribution in [0.1, 0.15) is 46.3 Å². The number of hydrogen-bond acceptors (Lipinski definition) is 3. The molecule has 1 aromatic rings. The van der Waals surface area contributed by atoms with Crippen LogP contribution in [0.15, 0.2) is 22.8 Å². The zero-order valence-electron chi connectivity index (χ0n) is 13.2. The van der Waals surface area contributed by atoms with Crippen LogP contribution >= 0.6 is 0 Å². The summed E-state index contributed by atoms with van der Waals surface area (Å²) in [6.45, 7) is 12.2. The molecular formula is C16H30N2O. The van der Waals surface area contributed by atoms with Crippen LogP contribution in [0.3, 0.4) is 0 Å². The summed E-state index contributed by atoms with van der Waals surface area (Å²) in [5.41, 5.74) is 0.306. The minimum atomic E-state index is 0.306. The number of nitrogens with one attached hydrogen (secondary N) is 1. The van der Waals surface area contributed by atoms with Gasteiger partial charge >= 0.3 is 0 Å². The number of nitrogens with zero attached hydrogens (tertiary/aromatic N) is 1. The summed E-state index contributed by atoms with van der Waals surface area (Å²) in [6.07, 6.45) is 4.10. The van der Waals surface area contributed by atoms with E-state index in [1.165, 1.54) is 12.8 Å². The summed E-state index contributed by atoms with van der Waals surface area (Å²) in [6, 6.07) is 4.54. The number of hydrogen-bond donors (Lipinski definition) is 1. The van der Waals surface area contributed by atoms with Crippen LogP contribution in [0.25, 0.3) is 0 Å². The topological polar surface area (TPSA) is 28.4 Å². The van der Waals surface area contributed by atoms with Crippen molar-refractivity contribution in [2.45, 2.75) is 53.1 Å². The third-order valence-corrected chi connectivity index (χ3v) is 3.49. The molecule has 0 saturated heterocycles. The number of furan rings is 1. The molecule has 0 aliphatic heterocycles. The van der Waals surface area contributed by atoms with Gasteiger partial charge < -0.3 is 9.73 Å². The molecule has 3 heteroatoms. The van der Waals surface area contributed by atoms with Gasteiger partial charge in [-0.2, -0.15) is 0 Å². The summed E-state index contributed by atoms with van der Waals surface area (Å²) < 4.78 is 5.39. The minimum Gasteiger partial charge on any atom is -0.468 e. The average Bonchev–Trinajstić information content (AvgIpc) is 2.80. The molecule has 0 bridgehead atoms. The van der Waals surface area contributed by atoms with E-state index in [0.717, 1.165) is 25.4 Å². The van der Waals surface area contributed by atoms with Crippen LogP contribution in [0, 0.1) is 5.41 Å². The Bertz CT molecular complexity index is 327. The van der Waals surface area contributed by atoms with Gasteiger partial charge in [0.2, 0.25) is 0 Å². The fraction of sp³-hybridized carbons (Fsp3) is 0.750. The molecule has 0 radical (unpaired) electrons. The maximum atomic E-state index is 5.39. The van der Waals surface area contributed by atoms with Crippen molar-refractivity contribution in [3.05, 3.63) is 24.2 Å². The third-order valence-electron chi connectivity index (χ3n) is 3.49. The van der Waals surface area contributed by atoms with Crippen LogP contribution in [0.2, 0.25) is 0 Å². The Labute approximate surface area is 118 Å². The second-order valence-electron chi connectivity index (χ2n) is 6.48. The lowest BCUT2D eigenvalue weighted by atomic mass is 9.84. The molecule has 0 spiro atoms. The Morgan fingerprint density at radius 1 is 1.37 bits per heavy atom. The number of rotatable bonds is 8. The summed E-state index contributed by atoms with van der Waals surface area (Å²) >= 11 is 0. The van der Waals surface area contributed by atoms with Crippen molar-refractivity contribution in [3.8, 4) is 0 Å². The van der Waals surface area contributed by atoms with Crippen LogP contribution < -0.4 is 5.32 Å². The largest absolute Gasteiger partial charge is 0.468 e. The fourth-order valence-electron chi connectivity index (χ4n) is 2.26. The monoisotopic (exact) mass is 266 g/mol. The molecule has 1 N–H and O–H groups in total. The Morgan fingerprint density at radius 2 is 2.11 bits per heavy atom. The first-order valence-corrected chi connectivity index (χ1v) is 7.37. The molecule has 110 valence electrons. The van der Waals surface area contributed by atoms with E-state index >= 15 is 0 Å². The van der Waals surface area contributed by atoms with Crippen molar-refractivity contribution in [3.63, 3.8) is 0 Å². The smallest absolute Gasteiger partial charge is 0.117 e. The van der Waals surface area contributed by atoms with Gasteiger partial charge in [-0.1, -0.05) is 27.7 Å². The predicted molar refractivity (Wildman–Crippen MR) is 81.2 cm³/mol. The molecule has 0 aliphatic carbocycles. The molecule has 0 aliphatic rings. The van der Waals surface area contributed by atoms with Crippen molar-refractivity contribution < 1.29 is 4.42 Å². The van der Waals surface area contributed by atoms with E-state index < -0.39 is 0 Å². The summed E-state index contributed by atoms with van der Waals surface area (Å²) in [5, 5.41) is 3.67. The first-order chi connectivity index (χ1) is 8.93. The van der Waals surface area contributed by atoms with Gasteiger partial charge in [0, 0.05) is 6.04 Å². The minimum absolute atomic E-state index is 0.306. The van der Waals surface area contributed by atoms with Crippen molar-refractivity contribution >= 4 is 0 Å². The quantitative estimate of drug-likeness (QED) is 0.780. The molecule has 1 aromatic heterocycles. The van der Waals surface area contributed by atoms with E-state index in [-0.39, 0.29) is 0 Å². The van der Waals surface area contributed by atoms with Crippen LogP contribution in [0.4, 0.5) is 0 Å². The lowest BCUT2D eigenvalue weighted by molar-refractivity contribution is 0.213. The molecule has 1 rings (SSSR count). The first kappa shape index (κ1) is 16.3. The predicted octanol–water partition coefficient (Wildman–Crippen LogP) is 3.52. The van der Waals surface area contributed by atoms with Crippen LogP contribution in [-0.4, -0.2) is 31.1 Å². The molecule has 0 saturated carbocycles. The second-order valence-corrected chi connectivity index (χ2v) is 6.48. The SMILES string of the molecule is CCCNC(CCN(C)Cc1ccco1)C(C)(C)C. The zero-order valence-corrected chi connectivity index (χ0v) is 13.2. The second kappa shape index (κ2) is 7.71. The molecule has 0 aromatic carbocycles. The molecule has 3 nitrogen and oxygen atoms in total. The van der Waals surface area contributed by atoms with E-state index in [1.54, 1.807) is 6.26 Å². The van der Waals surface area contributed by atoms with Gasteiger partial charge in [0.25, 0.3) is 0 Å². The molecule has 1 heterocycles. The molecule has 0 fully saturated rings. The average molecular weight is 266 g/mol. The highest BCUT2D eigenvalue weighted by Crippen LogP contribution is 2.22. The highest BCUT2D eigenvalue weighted by molar-refractivity contribution is 4.97. The first-order valence-electron chi connectivity index (χ1n) is 7.37. The van der Waals surface area contributed by atoms with Gasteiger partial charge in [-0.15, -0.1) is 0 Å². The Kier molecular flexibility index (Phi) is 6.59. The molecule has 1 unspecified atom stereocenters. The molecule has 19 heavy (non-hydrogen) atoms. The van der Waals surface area contributed by atoms with Gasteiger partial charge in [0.15, 0.2) is 0 Å². The summed E-state index contributed by atoms with van der Waals surface area (Å²) in [4.78, 5) is 2.32. The van der Waals surface area contributed by atoms with E-state index in [2.05, 4.69) is 45.0 Å². The van der Waals surface area contributed by atoms with Crippen molar-refractivity contribution in [2.75, 3.05) is 20.1 Å². The zero-order chi connectivity index (χ0) is 14.3. The van der Waals surface area contributed by atoms with Crippen molar-refractivity contribution in [1.29, 1.82) is 0 Å². The normalized spacial score (nSPS) is 14.0. The fourth-order valence-corrected chi connectivity index (χ4v) is 2.26. The van der Waals surface area contributed by atoms with Crippen LogP contribution in [0.5, 0.6) is 0 Å². The van der Waals surface area contributed by atoms with Crippen molar-refractivity contribution in [2.24, 2.45) is 5.41 Å². The van der Waals surface area contributed by atoms with Crippen LogP contribution in [-0.2, 0) is 6.54 Å². The van der Waals surface area contributed by atoms with Gasteiger partial charge in [-0.05, 0) is 50.5 Å². The molecule has 1 atom stereocenters. The van der Waals surface area contributed by atoms with E-state index in [1.807, 2.05) is 12.1 Å². The maximum absolute atomic E-state index is 5.39. The summed E-state index contributed by atoms with van der Waals surface area (Å²) in [5.74, 6) is 1.04.